The van der Waals surface area contributed by atoms with Gasteiger partial charge in [0, 0.05) is 22.2 Å². The van der Waals surface area contributed by atoms with E-state index in [0.717, 1.165) is 38.0 Å². The van der Waals surface area contributed by atoms with Crippen LogP contribution < -0.4 is 26.6 Å². The van der Waals surface area contributed by atoms with E-state index in [1.165, 1.54) is 32.2 Å². The lowest BCUT2D eigenvalue weighted by molar-refractivity contribution is -0.199. The van der Waals surface area contributed by atoms with Crippen LogP contribution in [0.15, 0.2) is 86.0 Å². The largest absolute Gasteiger partial charge is 0.493 e. The fourth-order valence-corrected chi connectivity index (χ4v) is 7.34. The molecule has 0 radical (unpaired) electrons. The molecule has 3 aromatic carbocycles. The Morgan fingerprint density at radius 2 is 1.61 bits per heavy atom. The van der Waals surface area contributed by atoms with Gasteiger partial charge >= 0.3 is 24.0 Å². The third-order valence-electron chi connectivity index (χ3n) is 8.31. The molecule has 0 atom stereocenters. The lowest BCUT2D eigenvalue weighted by Crippen LogP contribution is -2.41. The minimum atomic E-state index is -5.79. The second-order valence-electron chi connectivity index (χ2n) is 12.0. The van der Waals surface area contributed by atoms with Gasteiger partial charge in [-0.05, 0) is 97.0 Å². The maximum Gasteiger partial charge on any atom is 0.493 e. The Kier molecular flexibility index (Phi) is 9.69. The number of alkyl halides is 6. The number of benzene rings is 3. The minimum absolute atomic E-state index is 0.112. The molecule has 1 fully saturated rings. The third kappa shape index (κ3) is 6.96. The van der Waals surface area contributed by atoms with Crippen molar-refractivity contribution in [1.29, 1.82) is 0 Å². The number of rotatable bonds is 8. The molecule has 2 aromatic heterocycles. The first-order chi connectivity index (χ1) is 25.1. The van der Waals surface area contributed by atoms with Crippen LogP contribution >= 0.6 is 22.6 Å². The fraction of sp³-hybridized carbons (Fsp3) is 0.212. The number of halogens is 8. The summed E-state index contributed by atoms with van der Waals surface area (Å²) in [5, 5.41) is 2.44. The SMILES string of the molecule is Cc1c(=O)n(C)c(Nc2ccc(I)cc2F)c2c(=O)n(C3CC3)c(=O)n(-c3cccc(N(OC(=O)C(F)(F)F)S(=O)(=O)c4cccc(C(F)(F)F)c4)c3)c12. The molecule has 0 bridgehead atoms. The molecule has 5 aromatic rings. The molecule has 284 valence electrons. The normalized spacial score (nSPS) is 13.6. The Morgan fingerprint density at radius 3 is 2.22 bits per heavy atom. The molecule has 1 N–H and O–H groups in total. The van der Waals surface area contributed by atoms with Crippen LogP contribution in [-0.2, 0) is 32.9 Å². The van der Waals surface area contributed by atoms with E-state index in [2.05, 4.69) is 10.2 Å². The molecule has 0 unspecified atom stereocenters. The van der Waals surface area contributed by atoms with Crippen molar-refractivity contribution in [1.82, 2.24) is 13.7 Å². The predicted molar refractivity (Wildman–Crippen MR) is 188 cm³/mol. The number of hydrogen-bond donors (Lipinski definition) is 1. The topological polar surface area (TPSA) is 142 Å². The Labute approximate surface area is 312 Å². The molecule has 6 rings (SSSR count). The van der Waals surface area contributed by atoms with Gasteiger partial charge in [0.25, 0.3) is 21.1 Å². The molecular formula is C33H23F7IN5O7S. The van der Waals surface area contributed by atoms with E-state index in [1.807, 2.05) is 22.6 Å². The highest BCUT2D eigenvalue weighted by atomic mass is 127. The van der Waals surface area contributed by atoms with Crippen molar-refractivity contribution in [2.45, 2.75) is 43.1 Å². The lowest BCUT2D eigenvalue weighted by Gasteiger charge is -2.24. The van der Waals surface area contributed by atoms with Gasteiger partial charge < -0.3 is 10.2 Å². The summed E-state index contributed by atoms with van der Waals surface area (Å²) in [5.41, 5.74) is -6.23. The number of carbonyl (C=O) groups is 1. The zero-order valence-electron chi connectivity index (χ0n) is 27.4. The maximum absolute atomic E-state index is 15.0. The Morgan fingerprint density at radius 1 is 0.944 bits per heavy atom. The van der Waals surface area contributed by atoms with Gasteiger partial charge in [-0.15, -0.1) is 0 Å². The van der Waals surface area contributed by atoms with Gasteiger partial charge in [0.15, 0.2) is 0 Å². The van der Waals surface area contributed by atoms with E-state index in [-0.39, 0.29) is 39.7 Å². The van der Waals surface area contributed by atoms with Crippen molar-refractivity contribution in [2.75, 3.05) is 9.79 Å². The number of aromatic nitrogens is 3. The predicted octanol–water partition coefficient (Wildman–Crippen LogP) is 6.22. The van der Waals surface area contributed by atoms with Gasteiger partial charge in [-0.3, -0.25) is 23.3 Å². The zero-order chi connectivity index (χ0) is 39.7. The van der Waals surface area contributed by atoms with Crippen molar-refractivity contribution in [3.8, 4) is 5.69 Å². The summed E-state index contributed by atoms with van der Waals surface area (Å²) in [6.07, 6.45) is -10.1. The first-order valence-corrected chi connectivity index (χ1v) is 17.9. The van der Waals surface area contributed by atoms with Crippen molar-refractivity contribution in [2.24, 2.45) is 7.05 Å². The highest BCUT2D eigenvalue weighted by Gasteiger charge is 2.45. The smallest absolute Gasteiger partial charge is 0.338 e. The molecule has 0 aliphatic heterocycles. The molecule has 1 aliphatic rings. The second kappa shape index (κ2) is 13.6. The second-order valence-corrected chi connectivity index (χ2v) is 15.0. The number of aryl methyl sites for hydroxylation is 1. The molecule has 54 heavy (non-hydrogen) atoms. The standard InChI is InChI=1S/C33H23F7IN5O7S/c1-16-26-25(27(43(2)28(16)47)42-24-12-9-18(41)14-23(24)34)29(48)45(19-10-11-19)31(50)44(26)20-6-4-7-21(15-20)46(53-30(49)33(38,39)40)54(51,52)22-8-3-5-17(13-22)32(35,36)37/h3-9,12-15,19,42H,10-11H2,1-2H3. The molecule has 2 heterocycles. The Balaban J connectivity index is 1.64. The van der Waals surface area contributed by atoms with Crippen molar-refractivity contribution in [3.63, 3.8) is 0 Å². The van der Waals surface area contributed by atoms with Crippen LogP contribution in [0.4, 0.5) is 47.9 Å². The monoisotopic (exact) mass is 893 g/mol. The lowest BCUT2D eigenvalue weighted by atomic mass is 10.1. The van der Waals surface area contributed by atoms with E-state index in [0.29, 0.717) is 34.6 Å². The van der Waals surface area contributed by atoms with Crippen molar-refractivity contribution < 1.29 is 48.8 Å². The number of fused-ring (bicyclic) bond motifs is 1. The number of sulfonamides is 1. The molecule has 12 nitrogen and oxygen atoms in total. The number of hydrogen-bond acceptors (Lipinski definition) is 8. The average Bonchev–Trinajstić information content (AvgIpc) is 3.93. The highest BCUT2D eigenvalue weighted by molar-refractivity contribution is 14.1. The summed E-state index contributed by atoms with van der Waals surface area (Å²) < 4.78 is 126. The average molecular weight is 894 g/mol. The van der Waals surface area contributed by atoms with Crippen LogP contribution in [0.25, 0.3) is 16.6 Å². The van der Waals surface area contributed by atoms with Gasteiger partial charge in [0.05, 0.1) is 33.0 Å². The van der Waals surface area contributed by atoms with Crippen LogP contribution in [0.1, 0.15) is 30.0 Å². The van der Waals surface area contributed by atoms with E-state index < -0.39 is 77.6 Å². The summed E-state index contributed by atoms with van der Waals surface area (Å²) in [6.45, 7) is 1.26. The zero-order valence-corrected chi connectivity index (χ0v) is 30.4. The summed E-state index contributed by atoms with van der Waals surface area (Å²) >= 11 is 1.87. The molecule has 0 spiro atoms. The van der Waals surface area contributed by atoms with Crippen LogP contribution in [0.2, 0.25) is 0 Å². The van der Waals surface area contributed by atoms with Crippen LogP contribution in [0.3, 0.4) is 0 Å². The molecule has 0 saturated heterocycles. The van der Waals surface area contributed by atoms with Gasteiger partial charge in [-0.1, -0.05) is 16.6 Å². The van der Waals surface area contributed by atoms with Gasteiger partial charge in [-0.25, -0.2) is 14.0 Å². The first kappa shape index (κ1) is 38.5. The van der Waals surface area contributed by atoms with Crippen molar-refractivity contribution >= 4 is 66.7 Å². The Hall–Kier alpha value is -5.19. The summed E-state index contributed by atoms with van der Waals surface area (Å²) in [4.78, 5) is 57.0. The van der Waals surface area contributed by atoms with E-state index >= 15 is 4.39 Å². The number of pyridine rings is 1. The summed E-state index contributed by atoms with van der Waals surface area (Å²) in [5.74, 6) is -4.08. The summed E-state index contributed by atoms with van der Waals surface area (Å²) in [6, 6.07) is 9.04. The number of nitrogens with zero attached hydrogens (tertiary/aromatic N) is 4. The number of anilines is 3. The fourth-order valence-electron chi connectivity index (χ4n) is 5.62. The minimum Gasteiger partial charge on any atom is -0.338 e. The van der Waals surface area contributed by atoms with Gasteiger partial charge in [-0.2, -0.15) is 34.8 Å². The molecular weight excluding hydrogens is 870 g/mol. The highest BCUT2D eigenvalue weighted by Crippen LogP contribution is 2.36. The molecule has 1 aliphatic carbocycles. The van der Waals surface area contributed by atoms with Crippen LogP contribution in [0, 0.1) is 16.3 Å². The van der Waals surface area contributed by atoms with Gasteiger partial charge in [0.2, 0.25) is 0 Å². The van der Waals surface area contributed by atoms with Crippen molar-refractivity contribution in [3.05, 3.63) is 118 Å². The van der Waals surface area contributed by atoms with E-state index in [4.69, 9.17) is 0 Å². The summed E-state index contributed by atoms with van der Waals surface area (Å²) in [7, 11) is -4.30. The molecule has 0 amide bonds. The first-order valence-electron chi connectivity index (χ1n) is 15.4. The van der Waals surface area contributed by atoms with Gasteiger partial charge in [0.1, 0.15) is 17.0 Å². The van der Waals surface area contributed by atoms with Crippen LogP contribution in [-0.4, -0.2) is 34.3 Å². The quantitative estimate of drug-likeness (QED) is 0.110. The van der Waals surface area contributed by atoms with E-state index in [9.17, 15) is 53.9 Å². The number of nitrogens with one attached hydrogen (secondary N) is 1. The molecule has 1 saturated carbocycles. The molecule has 21 heteroatoms. The van der Waals surface area contributed by atoms with Crippen LogP contribution in [0.5, 0.6) is 0 Å². The van der Waals surface area contributed by atoms with E-state index in [1.54, 1.807) is 0 Å². The number of carbonyl (C=O) groups excluding carboxylic acids is 1. The Bertz CT molecular complexity index is 2670. The maximum atomic E-state index is 15.0. The third-order valence-corrected chi connectivity index (χ3v) is 10.6.